The molecule has 1 aromatic heterocycles. The third-order valence-electron chi connectivity index (χ3n) is 3.61. The van der Waals surface area contributed by atoms with E-state index in [1.807, 2.05) is 47.6 Å². The molecule has 5 nitrogen and oxygen atoms in total. The van der Waals surface area contributed by atoms with Crippen molar-refractivity contribution in [2.45, 2.75) is 32.6 Å². The van der Waals surface area contributed by atoms with Crippen molar-refractivity contribution < 1.29 is 9.53 Å². The van der Waals surface area contributed by atoms with Gasteiger partial charge in [0.25, 0.3) is 0 Å². The molecule has 1 amide bonds. The molecule has 0 N–H and O–H groups in total. The normalized spacial score (nSPS) is 23.2. The first-order valence-corrected chi connectivity index (χ1v) is 6.96. The van der Waals surface area contributed by atoms with E-state index in [-0.39, 0.29) is 18.1 Å². The molecule has 2 atom stereocenters. The summed E-state index contributed by atoms with van der Waals surface area (Å²) in [5, 5.41) is 0. The number of ether oxygens (including phenoxy) is 1. The summed E-state index contributed by atoms with van der Waals surface area (Å²) in [7, 11) is 0. The molecule has 2 aromatic rings. The molecule has 0 spiro atoms. The SMILES string of the molecule is CC1CN(C(=O)Cn2cnc3ccccc32)CC(C)O1. The number of imidazole rings is 1. The largest absolute Gasteiger partial charge is 0.372 e. The van der Waals surface area contributed by atoms with Gasteiger partial charge >= 0.3 is 0 Å². The van der Waals surface area contributed by atoms with Crippen molar-refractivity contribution in [1.82, 2.24) is 14.5 Å². The molecule has 0 radical (unpaired) electrons. The summed E-state index contributed by atoms with van der Waals surface area (Å²) in [5.74, 6) is 0.121. The highest BCUT2D eigenvalue weighted by Gasteiger charge is 2.25. The molecule has 2 heterocycles. The Morgan fingerprint density at radius 1 is 1.30 bits per heavy atom. The van der Waals surface area contributed by atoms with Crippen LogP contribution in [0.1, 0.15) is 13.8 Å². The van der Waals surface area contributed by atoms with Crippen LogP contribution < -0.4 is 0 Å². The molecule has 1 aliphatic rings. The minimum Gasteiger partial charge on any atom is -0.372 e. The summed E-state index contributed by atoms with van der Waals surface area (Å²) in [6.45, 7) is 5.66. The summed E-state index contributed by atoms with van der Waals surface area (Å²) in [6.07, 6.45) is 1.93. The summed E-state index contributed by atoms with van der Waals surface area (Å²) in [6, 6.07) is 7.85. The lowest BCUT2D eigenvalue weighted by atomic mass is 10.2. The van der Waals surface area contributed by atoms with E-state index in [9.17, 15) is 4.79 Å². The van der Waals surface area contributed by atoms with Crippen LogP contribution in [0.25, 0.3) is 11.0 Å². The number of benzene rings is 1. The van der Waals surface area contributed by atoms with Crippen LogP contribution in [-0.4, -0.2) is 45.7 Å². The maximum absolute atomic E-state index is 12.4. The molecule has 0 saturated carbocycles. The average molecular weight is 273 g/mol. The highest BCUT2D eigenvalue weighted by Crippen LogP contribution is 2.14. The van der Waals surface area contributed by atoms with Crippen molar-refractivity contribution in [3.63, 3.8) is 0 Å². The Morgan fingerprint density at radius 2 is 2.00 bits per heavy atom. The minimum atomic E-state index is 0.0993. The molecule has 0 bridgehead atoms. The number of carbonyl (C=O) groups is 1. The first-order chi connectivity index (χ1) is 9.63. The highest BCUT2D eigenvalue weighted by atomic mass is 16.5. The van der Waals surface area contributed by atoms with Gasteiger partial charge in [0.2, 0.25) is 5.91 Å². The molecule has 1 aromatic carbocycles. The Balaban J connectivity index is 1.75. The van der Waals surface area contributed by atoms with Crippen LogP contribution in [-0.2, 0) is 16.1 Å². The lowest BCUT2D eigenvalue weighted by Gasteiger charge is -2.35. The zero-order valence-corrected chi connectivity index (χ0v) is 11.8. The number of hydrogen-bond donors (Lipinski definition) is 0. The van der Waals surface area contributed by atoms with Crippen molar-refractivity contribution in [2.24, 2.45) is 0 Å². The first-order valence-electron chi connectivity index (χ1n) is 6.96. The first kappa shape index (κ1) is 13.1. The standard InChI is InChI=1S/C15H19N3O2/c1-11-7-17(8-12(2)20-11)15(19)9-18-10-16-13-5-3-4-6-14(13)18/h3-6,10-12H,7-9H2,1-2H3. The van der Waals surface area contributed by atoms with Gasteiger partial charge in [-0.15, -0.1) is 0 Å². The van der Waals surface area contributed by atoms with Crippen molar-refractivity contribution in [2.75, 3.05) is 13.1 Å². The van der Waals surface area contributed by atoms with Crippen molar-refractivity contribution in [3.05, 3.63) is 30.6 Å². The Morgan fingerprint density at radius 3 is 2.75 bits per heavy atom. The van der Waals surface area contributed by atoms with E-state index >= 15 is 0 Å². The molecular weight excluding hydrogens is 254 g/mol. The van der Waals surface area contributed by atoms with E-state index in [1.165, 1.54) is 0 Å². The molecular formula is C15H19N3O2. The van der Waals surface area contributed by atoms with Gasteiger partial charge in [-0.25, -0.2) is 4.98 Å². The van der Waals surface area contributed by atoms with E-state index in [0.717, 1.165) is 11.0 Å². The maximum Gasteiger partial charge on any atom is 0.242 e. The average Bonchev–Trinajstić information content (AvgIpc) is 2.81. The number of rotatable bonds is 2. The van der Waals surface area contributed by atoms with E-state index in [2.05, 4.69) is 4.98 Å². The fourth-order valence-electron chi connectivity index (χ4n) is 2.76. The van der Waals surface area contributed by atoms with Crippen LogP contribution in [0.15, 0.2) is 30.6 Å². The summed E-state index contributed by atoms with van der Waals surface area (Å²) >= 11 is 0. The quantitative estimate of drug-likeness (QED) is 0.836. The highest BCUT2D eigenvalue weighted by molar-refractivity contribution is 5.80. The molecule has 1 aliphatic heterocycles. The van der Waals surface area contributed by atoms with Crippen LogP contribution in [0.4, 0.5) is 0 Å². The second kappa shape index (κ2) is 5.25. The number of hydrogen-bond acceptors (Lipinski definition) is 3. The minimum absolute atomic E-state index is 0.0993. The Kier molecular flexibility index (Phi) is 3.44. The molecule has 1 fully saturated rings. The lowest BCUT2D eigenvalue weighted by Crippen LogP contribution is -2.49. The molecule has 20 heavy (non-hydrogen) atoms. The van der Waals surface area contributed by atoms with Gasteiger partial charge in [-0.05, 0) is 26.0 Å². The number of aromatic nitrogens is 2. The van der Waals surface area contributed by atoms with Crippen LogP contribution in [0, 0.1) is 0 Å². The van der Waals surface area contributed by atoms with Crippen LogP contribution in [0.2, 0.25) is 0 Å². The number of amides is 1. The predicted octanol–water partition coefficient (Wildman–Crippen LogP) is 1.67. The number of carbonyl (C=O) groups excluding carboxylic acids is 1. The fourth-order valence-corrected chi connectivity index (χ4v) is 2.76. The van der Waals surface area contributed by atoms with Gasteiger partial charge in [-0.1, -0.05) is 12.1 Å². The van der Waals surface area contributed by atoms with Crippen molar-refractivity contribution in [3.8, 4) is 0 Å². The second-order valence-electron chi connectivity index (χ2n) is 5.42. The summed E-state index contributed by atoms with van der Waals surface area (Å²) in [5.41, 5.74) is 1.92. The number of nitrogens with zero attached hydrogens (tertiary/aromatic N) is 3. The van der Waals surface area contributed by atoms with Gasteiger partial charge in [-0.3, -0.25) is 4.79 Å². The van der Waals surface area contributed by atoms with Crippen LogP contribution >= 0.6 is 0 Å². The van der Waals surface area contributed by atoms with Gasteiger partial charge in [0.1, 0.15) is 6.54 Å². The number of para-hydroxylation sites is 2. The van der Waals surface area contributed by atoms with E-state index in [4.69, 9.17) is 4.74 Å². The zero-order valence-electron chi connectivity index (χ0n) is 11.8. The number of morpholine rings is 1. The second-order valence-corrected chi connectivity index (χ2v) is 5.42. The topological polar surface area (TPSA) is 47.4 Å². The molecule has 5 heteroatoms. The van der Waals surface area contributed by atoms with Gasteiger partial charge in [-0.2, -0.15) is 0 Å². The Hall–Kier alpha value is -1.88. The van der Waals surface area contributed by atoms with E-state index in [0.29, 0.717) is 19.6 Å². The Labute approximate surface area is 118 Å². The van der Waals surface area contributed by atoms with Crippen molar-refractivity contribution >= 4 is 16.9 Å². The summed E-state index contributed by atoms with van der Waals surface area (Å²) in [4.78, 5) is 18.6. The molecule has 1 saturated heterocycles. The van der Waals surface area contributed by atoms with E-state index < -0.39 is 0 Å². The maximum atomic E-state index is 12.4. The molecule has 2 unspecified atom stereocenters. The van der Waals surface area contributed by atoms with Crippen molar-refractivity contribution in [1.29, 1.82) is 0 Å². The monoisotopic (exact) mass is 273 g/mol. The third-order valence-corrected chi connectivity index (χ3v) is 3.61. The zero-order chi connectivity index (χ0) is 14.1. The van der Waals surface area contributed by atoms with Crippen LogP contribution in [0.3, 0.4) is 0 Å². The smallest absolute Gasteiger partial charge is 0.242 e. The van der Waals surface area contributed by atoms with Gasteiger partial charge < -0.3 is 14.2 Å². The van der Waals surface area contributed by atoms with Gasteiger partial charge in [0.15, 0.2) is 0 Å². The summed E-state index contributed by atoms with van der Waals surface area (Å²) < 4.78 is 7.56. The lowest BCUT2D eigenvalue weighted by molar-refractivity contribution is -0.143. The molecule has 106 valence electrons. The van der Waals surface area contributed by atoms with E-state index in [1.54, 1.807) is 6.33 Å². The fraction of sp³-hybridized carbons (Fsp3) is 0.467. The van der Waals surface area contributed by atoms with Gasteiger partial charge in [0, 0.05) is 13.1 Å². The van der Waals surface area contributed by atoms with Crippen LogP contribution in [0.5, 0.6) is 0 Å². The predicted molar refractivity (Wildman–Crippen MR) is 76.3 cm³/mol. The third kappa shape index (κ3) is 2.54. The number of fused-ring (bicyclic) bond motifs is 1. The molecule has 3 rings (SSSR count). The Bertz CT molecular complexity index is 612. The van der Waals surface area contributed by atoms with Gasteiger partial charge in [0.05, 0.1) is 29.6 Å². The molecule has 0 aliphatic carbocycles.